The first kappa shape index (κ1) is 16.0. The fraction of sp³-hybridized carbons (Fsp3) is 0.316. The molecule has 0 aliphatic heterocycles. The van der Waals surface area contributed by atoms with Gasteiger partial charge in [0.1, 0.15) is 0 Å². The van der Waals surface area contributed by atoms with Gasteiger partial charge >= 0.3 is 0 Å². The van der Waals surface area contributed by atoms with Crippen LogP contribution in [0.25, 0.3) is 10.1 Å². The molecule has 3 nitrogen and oxygen atoms in total. The number of likely N-dealkylation sites (N-methyl/N-ethyl adjacent to an activating group) is 1. The number of benzene rings is 1. The third-order valence-corrected chi connectivity index (χ3v) is 5.39. The van der Waals surface area contributed by atoms with Crippen LogP contribution in [-0.4, -0.2) is 30.5 Å². The number of thiophene rings is 1. The maximum atomic E-state index is 11.9. The van der Waals surface area contributed by atoms with E-state index < -0.39 is 0 Å². The number of aromatic amines is 1. The van der Waals surface area contributed by atoms with Crippen molar-refractivity contribution in [3.8, 4) is 0 Å². The quantitative estimate of drug-likeness (QED) is 0.753. The number of hydrogen-bond acceptors (Lipinski definition) is 3. The fourth-order valence-corrected chi connectivity index (χ4v) is 4.10. The van der Waals surface area contributed by atoms with E-state index in [4.69, 9.17) is 0 Å². The largest absolute Gasteiger partial charge is 0.367 e. The molecule has 0 amide bonds. The summed E-state index contributed by atoms with van der Waals surface area (Å²) in [7, 11) is 4.22. The zero-order valence-corrected chi connectivity index (χ0v) is 14.5. The van der Waals surface area contributed by atoms with E-state index in [0.29, 0.717) is 0 Å². The molecule has 0 atom stereocenters. The Morgan fingerprint density at radius 2 is 1.91 bits per heavy atom. The van der Waals surface area contributed by atoms with Gasteiger partial charge in [-0.05, 0) is 50.4 Å². The first-order valence-electron chi connectivity index (χ1n) is 7.95. The molecule has 0 aliphatic carbocycles. The number of nitrogens with zero attached hydrogens (tertiary/aromatic N) is 1. The highest BCUT2D eigenvalue weighted by Gasteiger charge is 2.12. The van der Waals surface area contributed by atoms with E-state index in [9.17, 15) is 4.79 Å². The number of aromatic nitrogens is 1. The van der Waals surface area contributed by atoms with Crippen LogP contribution in [0, 0.1) is 0 Å². The minimum Gasteiger partial charge on any atom is -0.367 e. The van der Waals surface area contributed by atoms with E-state index >= 15 is 0 Å². The van der Waals surface area contributed by atoms with Gasteiger partial charge in [0.25, 0.3) is 0 Å². The number of nitrogens with one attached hydrogen (secondary N) is 1. The van der Waals surface area contributed by atoms with Gasteiger partial charge in [-0.2, -0.15) is 0 Å². The van der Waals surface area contributed by atoms with Crippen molar-refractivity contribution in [3.05, 3.63) is 69.0 Å². The van der Waals surface area contributed by atoms with Crippen LogP contribution in [0.1, 0.15) is 16.0 Å². The predicted molar refractivity (Wildman–Crippen MR) is 98.6 cm³/mol. The number of aryl methyl sites for hydroxylation is 2. The Morgan fingerprint density at radius 3 is 2.70 bits per heavy atom. The van der Waals surface area contributed by atoms with Gasteiger partial charge in [0.15, 0.2) is 5.43 Å². The molecule has 4 heteroatoms. The summed E-state index contributed by atoms with van der Waals surface area (Å²) in [5.41, 5.74) is 2.40. The fourth-order valence-electron chi connectivity index (χ4n) is 2.86. The van der Waals surface area contributed by atoms with Crippen molar-refractivity contribution in [1.82, 2.24) is 9.88 Å². The summed E-state index contributed by atoms with van der Waals surface area (Å²) in [5.74, 6) is 0. The van der Waals surface area contributed by atoms with Crippen LogP contribution in [0.2, 0.25) is 0 Å². The smallest absolute Gasteiger partial charge is 0.184 e. The van der Waals surface area contributed by atoms with Crippen LogP contribution in [-0.2, 0) is 19.3 Å². The van der Waals surface area contributed by atoms with Crippen molar-refractivity contribution in [2.75, 3.05) is 20.6 Å². The van der Waals surface area contributed by atoms with Gasteiger partial charge in [-0.15, -0.1) is 11.3 Å². The summed E-state index contributed by atoms with van der Waals surface area (Å²) in [6.07, 6.45) is 6.28. The van der Waals surface area contributed by atoms with Crippen LogP contribution >= 0.6 is 11.3 Å². The molecule has 0 aliphatic rings. The van der Waals surface area contributed by atoms with Gasteiger partial charge in [0.2, 0.25) is 0 Å². The van der Waals surface area contributed by atoms with E-state index in [-0.39, 0.29) is 5.43 Å². The van der Waals surface area contributed by atoms with Gasteiger partial charge in [-0.1, -0.05) is 18.2 Å². The third-order valence-electron chi connectivity index (χ3n) is 4.12. The molecular weight excluding hydrogens is 304 g/mol. The van der Waals surface area contributed by atoms with E-state index in [1.807, 2.05) is 17.5 Å². The Labute approximate surface area is 140 Å². The average molecular weight is 326 g/mol. The van der Waals surface area contributed by atoms with Crippen molar-refractivity contribution >= 4 is 21.4 Å². The van der Waals surface area contributed by atoms with Crippen molar-refractivity contribution < 1.29 is 0 Å². The van der Waals surface area contributed by atoms with Gasteiger partial charge in [-0.25, -0.2) is 0 Å². The number of rotatable bonds is 6. The molecule has 0 radical (unpaired) electrons. The summed E-state index contributed by atoms with van der Waals surface area (Å²) in [4.78, 5) is 18.6. The Bertz CT molecular complexity index is 848. The topological polar surface area (TPSA) is 36.1 Å². The molecule has 23 heavy (non-hydrogen) atoms. The zero-order chi connectivity index (χ0) is 16.2. The van der Waals surface area contributed by atoms with Crippen molar-refractivity contribution in [2.24, 2.45) is 0 Å². The molecule has 3 aromatic rings. The van der Waals surface area contributed by atoms with E-state index in [1.54, 1.807) is 12.3 Å². The van der Waals surface area contributed by atoms with Gasteiger partial charge in [-0.3, -0.25) is 4.79 Å². The van der Waals surface area contributed by atoms with Crippen molar-refractivity contribution in [3.63, 3.8) is 0 Å². The maximum absolute atomic E-state index is 11.9. The molecule has 2 aromatic heterocycles. The van der Waals surface area contributed by atoms with Crippen LogP contribution in [0.4, 0.5) is 0 Å². The third kappa shape index (κ3) is 3.71. The molecule has 1 aromatic carbocycles. The lowest BCUT2D eigenvalue weighted by molar-refractivity contribution is 0.414. The Balaban J connectivity index is 1.89. The Hall–Kier alpha value is -1.91. The van der Waals surface area contributed by atoms with E-state index in [2.05, 4.69) is 48.2 Å². The molecular formula is C19H22N2OS. The average Bonchev–Trinajstić information content (AvgIpc) is 2.90. The van der Waals surface area contributed by atoms with E-state index in [1.165, 1.54) is 20.5 Å². The molecule has 3 rings (SSSR count). The van der Waals surface area contributed by atoms with Gasteiger partial charge < -0.3 is 9.88 Å². The molecule has 1 N–H and O–H groups in total. The van der Waals surface area contributed by atoms with Gasteiger partial charge in [0.05, 0.1) is 0 Å². The predicted octanol–water partition coefficient (Wildman–Crippen LogP) is 3.48. The second-order valence-electron chi connectivity index (χ2n) is 6.09. The molecule has 0 saturated heterocycles. The molecule has 2 heterocycles. The number of fused-ring (bicyclic) bond motifs is 1. The lowest BCUT2D eigenvalue weighted by Crippen LogP contribution is -2.15. The number of H-pyrrole nitrogens is 1. The summed E-state index contributed by atoms with van der Waals surface area (Å²) < 4.78 is 1.35. The minimum absolute atomic E-state index is 0.123. The lowest BCUT2D eigenvalue weighted by atomic mass is 10.0. The molecule has 0 saturated carbocycles. The molecule has 0 bridgehead atoms. The van der Waals surface area contributed by atoms with Crippen molar-refractivity contribution in [2.45, 2.75) is 19.3 Å². The molecule has 0 unspecified atom stereocenters. The summed E-state index contributed by atoms with van der Waals surface area (Å²) >= 11 is 1.89. The highest BCUT2D eigenvalue weighted by Crippen LogP contribution is 2.32. The first-order valence-corrected chi connectivity index (χ1v) is 8.77. The molecule has 0 fully saturated rings. The SMILES string of the molecule is CN(C)CCc1sc2ccccc2c1CCc1c[nH]ccc1=O. The van der Waals surface area contributed by atoms with Crippen LogP contribution in [0.15, 0.2) is 47.5 Å². The second kappa shape index (κ2) is 7.11. The van der Waals surface area contributed by atoms with Crippen LogP contribution < -0.4 is 5.43 Å². The summed E-state index contributed by atoms with van der Waals surface area (Å²) in [6.45, 7) is 1.05. The van der Waals surface area contributed by atoms with Crippen LogP contribution in [0.3, 0.4) is 0 Å². The first-order chi connectivity index (χ1) is 11.1. The second-order valence-corrected chi connectivity index (χ2v) is 7.22. The number of hydrogen-bond donors (Lipinski definition) is 1. The monoisotopic (exact) mass is 326 g/mol. The van der Waals surface area contributed by atoms with Gasteiger partial charge in [0, 0.05) is 40.1 Å². The van der Waals surface area contributed by atoms with Crippen molar-refractivity contribution in [1.29, 1.82) is 0 Å². The molecule has 120 valence electrons. The lowest BCUT2D eigenvalue weighted by Gasteiger charge is -2.10. The summed E-state index contributed by atoms with van der Waals surface area (Å²) in [6, 6.07) is 10.2. The minimum atomic E-state index is 0.123. The molecule has 0 spiro atoms. The Kier molecular flexibility index (Phi) is 4.94. The summed E-state index contributed by atoms with van der Waals surface area (Å²) in [5, 5.41) is 1.35. The maximum Gasteiger partial charge on any atom is 0.184 e. The highest BCUT2D eigenvalue weighted by atomic mass is 32.1. The highest BCUT2D eigenvalue weighted by molar-refractivity contribution is 7.19. The Morgan fingerprint density at radius 1 is 1.09 bits per heavy atom. The number of pyridine rings is 1. The standard InChI is InChI=1S/C19H22N2OS/c1-21(2)12-10-19-16(15-5-3-4-6-18(15)23-19)8-7-14-13-20-11-9-17(14)22/h3-6,9,11,13H,7-8,10,12H2,1-2H3,(H,20,22). The zero-order valence-electron chi connectivity index (χ0n) is 13.6. The van der Waals surface area contributed by atoms with Crippen LogP contribution in [0.5, 0.6) is 0 Å². The normalized spacial score (nSPS) is 11.4. The van der Waals surface area contributed by atoms with E-state index in [0.717, 1.165) is 31.4 Å².